The summed E-state index contributed by atoms with van der Waals surface area (Å²) < 4.78 is 0. The Morgan fingerprint density at radius 2 is 1.50 bits per heavy atom. The van der Waals surface area contributed by atoms with E-state index in [-0.39, 0.29) is 0 Å². The van der Waals surface area contributed by atoms with E-state index in [1.54, 1.807) is 5.32 Å². The van der Waals surface area contributed by atoms with Gasteiger partial charge < -0.3 is 15.3 Å². The smallest absolute Gasteiger partial charge is 0.330 e. The van der Waals surface area contributed by atoms with Gasteiger partial charge >= 0.3 is 6.10 Å². The van der Waals surface area contributed by atoms with E-state index >= 15 is 0 Å². The summed E-state index contributed by atoms with van der Waals surface area (Å²) in [5.74, 6) is 0. The fourth-order valence-electron chi connectivity index (χ4n) is 0. The minimum absolute atomic E-state index is 1.21. The molecule has 4 N–H and O–H groups in total. The minimum atomic E-state index is -2.71. The summed E-state index contributed by atoms with van der Waals surface area (Å²) in [6, 6.07) is 0. The molecule has 0 aromatic carbocycles. The van der Waals surface area contributed by atoms with E-state index in [1.165, 1.54) is 7.05 Å². The zero-order chi connectivity index (χ0) is 5.21. The van der Waals surface area contributed by atoms with Crippen molar-refractivity contribution in [3.05, 3.63) is 0 Å². The first-order chi connectivity index (χ1) is 2.56. The van der Waals surface area contributed by atoms with Crippen LogP contribution in [0.25, 0.3) is 0 Å². The second-order valence-corrected chi connectivity index (χ2v) is 0.885. The Morgan fingerprint density at radius 3 is 1.50 bits per heavy atom. The summed E-state index contributed by atoms with van der Waals surface area (Å²) >= 11 is 0. The summed E-state index contributed by atoms with van der Waals surface area (Å²) in [4.78, 5) is 0. The Labute approximate surface area is 35.0 Å². The van der Waals surface area contributed by atoms with Gasteiger partial charge in [-0.05, 0) is 7.05 Å². The molecule has 0 amide bonds. The molecular formula is C2H7NO3. The number of hydrogen-bond donors (Lipinski definition) is 4. The lowest BCUT2D eigenvalue weighted by atomic mass is 10.9. The zero-order valence-electron chi connectivity index (χ0n) is 3.34. The van der Waals surface area contributed by atoms with Gasteiger partial charge in [0.2, 0.25) is 0 Å². The third-order valence-corrected chi connectivity index (χ3v) is 0.335. The molecule has 4 nitrogen and oxygen atoms in total. The monoisotopic (exact) mass is 93.0 g/mol. The van der Waals surface area contributed by atoms with Gasteiger partial charge in [-0.15, -0.1) is 0 Å². The summed E-state index contributed by atoms with van der Waals surface area (Å²) in [5.41, 5.74) is 0. The van der Waals surface area contributed by atoms with Crippen molar-refractivity contribution in [1.29, 1.82) is 0 Å². The molecule has 4 heteroatoms. The van der Waals surface area contributed by atoms with Crippen LogP contribution in [-0.4, -0.2) is 28.5 Å². The van der Waals surface area contributed by atoms with E-state index in [0.717, 1.165) is 0 Å². The highest BCUT2D eigenvalue weighted by Gasteiger charge is 2.11. The molecule has 0 rings (SSSR count). The van der Waals surface area contributed by atoms with Gasteiger partial charge in [-0.3, -0.25) is 0 Å². The van der Waals surface area contributed by atoms with Gasteiger partial charge in [-0.2, -0.15) is 0 Å². The van der Waals surface area contributed by atoms with E-state index in [0.29, 0.717) is 0 Å². The van der Waals surface area contributed by atoms with E-state index in [2.05, 4.69) is 0 Å². The van der Waals surface area contributed by atoms with Gasteiger partial charge in [-0.25, -0.2) is 5.32 Å². The lowest BCUT2D eigenvalue weighted by Crippen LogP contribution is -2.41. The highest BCUT2D eigenvalue weighted by molar-refractivity contribution is 4.29. The fraction of sp³-hybridized carbons (Fsp3) is 1.00. The van der Waals surface area contributed by atoms with Crippen LogP contribution in [0.15, 0.2) is 0 Å². The van der Waals surface area contributed by atoms with Crippen LogP contribution in [0.5, 0.6) is 0 Å². The van der Waals surface area contributed by atoms with Crippen molar-refractivity contribution < 1.29 is 15.3 Å². The molecule has 6 heavy (non-hydrogen) atoms. The Kier molecular flexibility index (Phi) is 1.48. The fourth-order valence-corrected chi connectivity index (χ4v) is 0. The number of rotatable bonds is 1. The third kappa shape index (κ3) is 3.84. The van der Waals surface area contributed by atoms with Crippen molar-refractivity contribution in [2.45, 2.75) is 6.10 Å². The molecule has 0 heterocycles. The van der Waals surface area contributed by atoms with Gasteiger partial charge in [0.25, 0.3) is 0 Å². The molecular weight excluding hydrogens is 86.0 g/mol. The van der Waals surface area contributed by atoms with Crippen molar-refractivity contribution >= 4 is 0 Å². The molecule has 0 aliphatic carbocycles. The van der Waals surface area contributed by atoms with Gasteiger partial charge in [0, 0.05) is 0 Å². The van der Waals surface area contributed by atoms with Crippen LogP contribution in [0.1, 0.15) is 0 Å². The second-order valence-electron chi connectivity index (χ2n) is 0.885. The zero-order valence-corrected chi connectivity index (χ0v) is 3.34. The van der Waals surface area contributed by atoms with E-state index < -0.39 is 6.10 Å². The van der Waals surface area contributed by atoms with Gasteiger partial charge in [0.05, 0.1) is 0 Å². The molecule has 0 aliphatic rings. The predicted molar refractivity (Wildman–Crippen MR) is 18.4 cm³/mol. The Bertz CT molecular complexity index is 38.5. The maximum atomic E-state index is 7.83. The Balaban J connectivity index is 3.17. The maximum Gasteiger partial charge on any atom is 0.342 e. The first-order valence-corrected chi connectivity index (χ1v) is 1.42. The van der Waals surface area contributed by atoms with Crippen LogP contribution in [0.2, 0.25) is 0 Å². The van der Waals surface area contributed by atoms with Crippen LogP contribution in [-0.2, 0) is 0 Å². The molecule has 38 valence electrons. The summed E-state index contributed by atoms with van der Waals surface area (Å²) in [7, 11) is 1.21. The van der Waals surface area contributed by atoms with Crippen LogP contribution in [0.3, 0.4) is 0 Å². The molecule has 0 aromatic heterocycles. The van der Waals surface area contributed by atoms with Crippen LogP contribution in [0, 0.1) is 0 Å². The van der Waals surface area contributed by atoms with Crippen molar-refractivity contribution in [1.82, 2.24) is 5.32 Å². The standard InChI is InChI=1S/C2H7NO3/c1-3-2(4,5)6/h3-6H,1H3. The van der Waals surface area contributed by atoms with Crippen molar-refractivity contribution in [3.63, 3.8) is 0 Å². The highest BCUT2D eigenvalue weighted by Crippen LogP contribution is 1.77. The van der Waals surface area contributed by atoms with Crippen LogP contribution < -0.4 is 5.32 Å². The molecule has 0 fully saturated rings. The maximum absolute atomic E-state index is 7.83. The van der Waals surface area contributed by atoms with Crippen molar-refractivity contribution in [3.8, 4) is 0 Å². The van der Waals surface area contributed by atoms with Gasteiger partial charge in [0.1, 0.15) is 0 Å². The lowest BCUT2D eigenvalue weighted by Gasteiger charge is -2.09. The third-order valence-electron chi connectivity index (χ3n) is 0.335. The molecule has 0 aliphatic heterocycles. The SMILES string of the molecule is CNC(O)(O)O. The average Bonchev–Trinajstić information content (AvgIpc) is 1.35. The van der Waals surface area contributed by atoms with Gasteiger partial charge in [0.15, 0.2) is 0 Å². The minimum Gasteiger partial charge on any atom is -0.330 e. The summed E-state index contributed by atoms with van der Waals surface area (Å²) in [6.45, 7) is 0. The topological polar surface area (TPSA) is 72.7 Å². The molecule has 0 saturated carbocycles. The lowest BCUT2D eigenvalue weighted by molar-refractivity contribution is -0.328. The molecule has 0 spiro atoms. The van der Waals surface area contributed by atoms with Crippen LogP contribution in [0.4, 0.5) is 0 Å². The largest absolute Gasteiger partial charge is 0.342 e. The predicted octanol–water partition coefficient (Wildman–Crippen LogP) is -2.21. The molecule has 0 aromatic rings. The van der Waals surface area contributed by atoms with E-state index in [1.807, 2.05) is 0 Å². The number of nitrogens with one attached hydrogen (secondary N) is 1. The number of aliphatic hydroxyl groups is 3. The second kappa shape index (κ2) is 1.53. The molecule has 0 atom stereocenters. The quantitative estimate of drug-likeness (QED) is 0.277. The molecule has 0 unspecified atom stereocenters. The first kappa shape index (κ1) is 5.84. The Hall–Kier alpha value is -0.160. The normalized spacial score (nSPS) is 12.0. The Morgan fingerprint density at radius 1 is 1.33 bits per heavy atom. The summed E-state index contributed by atoms with van der Waals surface area (Å²) in [5, 5.41) is 25.3. The highest BCUT2D eigenvalue weighted by atomic mass is 16.7. The van der Waals surface area contributed by atoms with Crippen molar-refractivity contribution in [2.24, 2.45) is 0 Å². The van der Waals surface area contributed by atoms with E-state index in [9.17, 15) is 0 Å². The molecule has 0 saturated heterocycles. The summed E-state index contributed by atoms with van der Waals surface area (Å²) in [6.07, 6.45) is -2.71. The van der Waals surface area contributed by atoms with Gasteiger partial charge in [-0.1, -0.05) is 0 Å². The number of hydrogen-bond acceptors (Lipinski definition) is 4. The molecule has 0 radical (unpaired) electrons. The first-order valence-electron chi connectivity index (χ1n) is 1.42. The average molecular weight is 93.1 g/mol. The van der Waals surface area contributed by atoms with Crippen LogP contribution >= 0.6 is 0 Å². The molecule has 0 bridgehead atoms. The van der Waals surface area contributed by atoms with Crippen molar-refractivity contribution in [2.75, 3.05) is 7.05 Å². The van der Waals surface area contributed by atoms with E-state index in [4.69, 9.17) is 15.3 Å².